The summed E-state index contributed by atoms with van der Waals surface area (Å²) in [7, 11) is 0. The molecule has 2 aromatic carbocycles. The Hall–Kier alpha value is -2.70. The van der Waals surface area contributed by atoms with Gasteiger partial charge in [-0.05, 0) is 37.5 Å². The van der Waals surface area contributed by atoms with Crippen LogP contribution in [0.5, 0.6) is 5.75 Å². The van der Waals surface area contributed by atoms with E-state index in [0.717, 1.165) is 41.2 Å². The Balaban J connectivity index is 1.66. The highest BCUT2D eigenvalue weighted by atomic mass is 16.5. The lowest BCUT2D eigenvalue weighted by Gasteiger charge is -2.34. The summed E-state index contributed by atoms with van der Waals surface area (Å²) in [5.41, 5.74) is 6.65. The highest BCUT2D eigenvalue weighted by Crippen LogP contribution is 2.24. The fraction of sp³-hybridized carbons (Fsp3) is 0.391. The van der Waals surface area contributed by atoms with Crippen LogP contribution in [0, 0.1) is 13.8 Å². The van der Waals surface area contributed by atoms with E-state index in [4.69, 9.17) is 9.47 Å². The van der Waals surface area contributed by atoms with Gasteiger partial charge < -0.3 is 9.47 Å². The maximum absolute atomic E-state index is 12.3. The number of hydrogen-bond acceptors (Lipinski definition) is 5. The van der Waals surface area contributed by atoms with Crippen LogP contribution >= 0.6 is 0 Å². The zero-order valence-electron chi connectivity index (χ0n) is 17.4. The fourth-order valence-electron chi connectivity index (χ4n) is 3.60. The van der Waals surface area contributed by atoms with E-state index in [9.17, 15) is 4.79 Å². The second-order valence-electron chi connectivity index (χ2n) is 7.26. The van der Waals surface area contributed by atoms with Crippen molar-refractivity contribution < 1.29 is 14.3 Å². The molecular weight excluding hydrogens is 366 g/mol. The van der Waals surface area contributed by atoms with Gasteiger partial charge in [0.2, 0.25) is 0 Å². The van der Waals surface area contributed by atoms with Crippen LogP contribution < -0.4 is 10.2 Å². The average molecular weight is 396 g/mol. The van der Waals surface area contributed by atoms with Gasteiger partial charge in [0.05, 0.1) is 25.0 Å². The first-order chi connectivity index (χ1) is 14.1. The number of nitrogens with one attached hydrogen (secondary N) is 1. The maximum Gasteiger partial charge on any atom is 0.277 e. The number of para-hydroxylation sites is 1. The highest BCUT2D eigenvalue weighted by molar-refractivity contribution is 5.90. The molecule has 1 amide bonds. The van der Waals surface area contributed by atoms with Crippen LogP contribution in [-0.2, 0) is 9.53 Å². The van der Waals surface area contributed by atoms with Crippen LogP contribution in [-0.4, -0.2) is 49.4 Å². The van der Waals surface area contributed by atoms with Crippen LogP contribution in [0.4, 0.5) is 0 Å². The summed E-state index contributed by atoms with van der Waals surface area (Å²) in [6.45, 7) is 8.87. The van der Waals surface area contributed by atoms with Crippen LogP contribution in [0.2, 0.25) is 0 Å². The lowest BCUT2D eigenvalue weighted by Crippen LogP contribution is -2.42. The van der Waals surface area contributed by atoms with Crippen molar-refractivity contribution in [3.8, 4) is 5.75 Å². The van der Waals surface area contributed by atoms with E-state index in [-0.39, 0.29) is 18.6 Å². The minimum Gasteiger partial charge on any atom is -0.483 e. The molecule has 1 fully saturated rings. The molecule has 0 radical (unpaired) electrons. The molecule has 0 spiro atoms. The molecular formula is C23H29N3O3. The van der Waals surface area contributed by atoms with E-state index < -0.39 is 0 Å². The molecule has 154 valence electrons. The van der Waals surface area contributed by atoms with Crippen molar-refractivity contribution in [3.63, 3.8) is 0 Å². The average Bonchev–Trinajstić information content (AvgIpc) is 2.74. The molecule has 0 unspecified atom stereocenters. The Morgan fingerprint density at radius 1 is 1.10 bits per heavy atom. The van der Waals surface area contributed by atoms with Crippen molar-refractivity contribution in [2.45, 2.75) is 26.8 Å². The van der Waals surface area contributed by atoms with Crippen molar-refractivity contribution in [2.75, 3.05) is 32.9 Å². The van der Waals surface area contributed by atoms with Crippen LogP contribution in [0.3, 0.4) is 0 Å². The molecule has 6 nitrogen and oxygen atoms in total. The molecule has 1 heterocycles. The standard InChI is InChI=1S/C23H29N3O3/c1-17-8-7-9-18(2)23(17)29-16-21(27)25-24-19(3)22(20-10-5-4-6-11-20)26-12-14-28-15-13-26/h4-11,22H,12-16H2,1-3H3,(H,25,27)/b24-19-/t22-/m0/s1. The Morgan fingerprint density at radius 3 is 2.41 bits per heavy atom. The number of aryl methyl sites for hydroxylation is 2. The van der Waals surface area contributed by atoms with E-state index in [2.05, 4.69) is 27.6 Å². The second kappa shape index (κ2) is 10.2. The summed E-state index contributed by atoms with van der Waals surface area (Å²) in [5, 5.41) is 4.39. The number of rotatable bonds is 7. The summed E-state index contributed by atoms with van der Waals surface area (Å²) in [5.74, 6) is 0.472. The lowest BCUT2D eigenvalue weighted by molar-refractivity contribution is -0.123. The number of nitrogens with zero attached hydrogens (tertiary/aromatic N) is 2. The smallest absolute Gasteiger partial charge is 0.277 e. The second-order valence-corrected chi connectivity index (χ2v) is 7.26. The molecule has 0 aromatic heterocycles. The van der Waals surface area contributed by atoms with Crippen molar-refractivity contribution >= 4 is 11.6 Å². The van der Waals surface area contributed by atoms with Gasteiger partial charge in [-0.1, -0.05) is 48.5 Å². The topological polar surface area (TPSA) is 63.2 Å². The molecule has 6 heteroatoms. The maximum atomic E-state index is 12.3. The molecule has 1 saturated heterocycles. The van der Waals surface area contributed by atoms with E-state index in [1.165, 1.54) is 0 Å². The van der Waals surface area contributed by atoms with Gasteiger partial charge in [0.1, 0.15) is 5.75 Å². The predicted octanol–water partition coefficient (Wildman–Crippen LogP) is 3.25. The highest BCUT2D eigenvalue weighted by Gasteiger charge is 2.25. The zero-order chi connectivity index (χ0) is 20.6. The monoisotopic (exact) mass is 395 g/mol. The number of amides is 1. The van der Waals surface area contributed by atoms with Gasteiger partial charge in [-0.15, -0.1) is 0 Å². The van der Waals surface area contributed by atoms with Gasteiger partial charge in [-0.2, -0.15) is 5.10 Å². The molecule has 1 atom stereocenters. The Bertz CT molecular complexity index is 825. The largest absolute Gasteiger partial charge is 0.483 e. The molecule has 1 N–H and O–H groups in total. The van der Waals surface area contributed by atoms with Crippen molar-refractivity contribution in [3.05, 3.63) is 65.2 Å². The van der Waals surface area contributed by atoms with E-state index in [0.29, 0.717) is 13.2 Å². The SMILES string of the molecule is C/C(=N/NC(=O)COc1c(C)cccc1C)[C@@H](c1ccccc1)N1CCOCC1. The summed E-state index contributed by atoms with van der Waals surface area (Å²) in [6.07, 6.45) is 0. The predicted molar refractivity (Wildman–Crippen MR) is 114 cm³/mol. The molecule has 0 aliphatic carbocycles. The normalized spacial score (nSPS) is 16.3. The van der Waals surface area contributed by atoms with Crippen molar-refractivity contribution in [1.29, 1.82) is 0 Å². The zero-order valence-corrected chi connectivity index (χ0v) is 17.4. The molecule has 29 heavy (non-hydrogen) atoms. The third kappa shape index (κ3) is 5.65. The summed E-state index contributed by atoms with van der Waals surface area (Å²) < 4.78 is 11.2. The summed E-state index contributed by atoms with van der Waals surface area (Å²) in [4.78, 5) is 14.6. The number of hydrogen-bond donors (Lipinski definition) is 1. The number of carbonyl (C=O) groups excluding carboxylic acids is 1. The van der Waals surface area contributed by atoms with Crippen LogP contribution in [0.1, 0.15) is 29.7 Å². The van der Waals surface area contributed by atoms with Gasteiger partial charge in [0.25, 0.3) is 5.91 Å². The molecule has 1 aliphatic heterocycles. The molecule has 0 bridgehead atoms. The first kappa shape index (κ1) is 21.0. The number of carbonyl (C=O) groups is 1. The van der Waals surface area contributed by atoms with Crippen molar-refractivity contribution in [2.24, 2.45) is 5.10 Å². The minimum absolute atomic E-state index is 0.0000643. The quantitative estimate of drug-likeness (QED) is 0.577. The Morgan fingerprint density at radius 2 is 1.76 bits per heavy atom. The van der Waals surface area contributed by atoms with Gasteiger partial charge in [0, 0.05) is 13.1 Å². The number of hydrazone groups is 1. The van der Waals surface area contributed by atoms with Crippen LogP contribution in [0.15, 0.2) is 53.6 Å². The molecule has 0 saturated carbocycles. The molecule has 1 aliphatic rings. The number of ether oxygens (including phenoxy) is 2. The van der Waals surface area contributed by atoms with E-state index in [1.54, 1.807) is 0 Å². The Kier molecular flexibility index (Phi) is 7.38. The van der Waals surface area contributed by atoms with E-state index in [1.807, 2.05) is 57.2 Å². The lowest BCUT2D eigenvalue weighted by atomic mass is 10.0. The molecule has 3 rings (SSSR count). The van der Waals surface area contributed by atoms with E-state index >= 15 is 0 Å². The summed E-state index contributed by atoms with van der Waals surface area (Å²) in [6, 6.07) is 16.1. The fourth-order valence-corrected chi connectivity index (χ4v) is 3.60. The van der Waals surface area contributed by atoms with Gasteiger partial charge in [-0.3, -0.25) is 9.69 Å². The number of benzene rings is 2. The Labute approximate surface area is 172 Å². The van der Waals surface area contributed by atoms with Crippen LogP contribution in [0.25, 0.3) is 0 Å². The minimum atomic E-state index is -0.277. The first-order valence-electron chi connectivity index (χ1n) is 9.95. The van der Waals surface area contributed by atoms with Gasteiger partial charge in [0.15, 0.2) is 6.61 Å². The molecule has 2 aromatic rings. The van der Waals surface area contributed by atoms with Crippen molar-refractivity contribution in [1.82, 2.24) is 10.3 Å². The third-order valence-corrected chi connectivity index (χ3v) is 5.04. The number of morpholine rings is 1. The third-order valence-electron chi connectivity index (χ3n) is 5.04. The first-order valence-corrected chi connectivity index (χ1v) is 9.95. The van der Waals surface area contributed by atoms with Gasteiger partial charge in [-0.25, -0.2) is 5.43 Å². The van der Waals surface area contributed by atoms with Gasteiger partial charge >= 0.3 is 0 Å². The summed E-state index contributed by atoms with van der Waals surface area (Å²) >= 11 is 0.